The zero-order valence-corrected chi connectivity index (χ0v) is 8.20. The lowest BCUT2D eigenvalue weighted by Crippen LogP contribution is -2.26. The molecule has 0 atom stereocenters. The van der Waals surface area contributed by atoms with Crippen molar-refractivity contribution in [2.24, 2.45) is 0 Å². The van der Waals surface area contributed by atoms with Crippen molar-refractivity contribution in [2.75, 3.05) is 0 Å². The molecule has 0 unspecified atom stereocenters. The van der Waals surface area contributed by atoms with Gasteiger partial charge in [-0.05, 0) is 5.56 Å². The minimum atomic E-state index is -0.746. The van der Waals surface area contributed by atoms with Crippen LogP contribution < -0.4 is 5.19 Å². The summed E-state index contributed by atoms with van der Waals surface area (Å²) in [6.45, 7) is 4.73. The van der Waals surface area contributed by atoms with Gasteiger partial charge in [0.15, 0.2) is 0 Å². The highest BCUT2D eigenvalue weighted by Crippen LogP contribution is 1.97. The number of rotatable bonds is 2. The molecule has 0 saturated heterocycles. The van der Waals surface area contributed by atoms with Gasteiger partial charge in [0.05, 0.1) is 15.4 Å². The normalized spacial score (nSPS) is 10.5. The van der Waals surface area contributed by atoms with Crippen LogP contribution in [0, 0.1) is 0 Å². The maximum absolute atomic E-state index is 8.99. The predicted octanol–water partition coefficient (Wildman–Crippen LogP) is 0.873. The van der Waals surface area contributed by atoms with Gasteiger partial charge in [0.1, 0.15) is 0 Å². The van der Waals surface area contributed by atoms with E-state index in [1.807, 2.05) is 18.2 Å². The quantitative estimate of drug-likeness (QED) is 0.646. The van der Waals surface area contributed by atoms with Crippen LogP contribution in [0.1, 0.15) is 5.56 Å². The Labute approximate surface area is 69.3 Å². The second kappa shape index (κ2) is 3.69. The summed E-state index contributed by atoms with van der Waals surface area (Å²) < 4.78 is 0. The molecule has 0 amide bonds. The lowest BCUT2D eigenvalue weighted by Gasteiger charge is -2.08. The zero-order chi connectivity index (χ0) is 8.27. The number of hydrogen-bond acceptors (Lipinski definition) is 1. The summed E-state index contributed by atoms with van der Waals surface area (Å²) in [7, 11) is -0.746. The Morgan fingerprint density at radius 2 is 1.91 bits per heavy atom. The largest absolute Gasteiger partial charge is 0.392 e. The summed E-state index contributed by atoms with van der Waals surface area (Å²) in [5.41, 5.74) is 1.11. The molecular formula is C9H14OSi. The molecule has 0 saturated carbocycles. The fraction of sp³-hybridized carbons (Fsp3) is 0.333. The lowest BCUT2D eigenvalue weighted by atomic mass is 10.2. The standard InChI is InChI=1S/C9H14OSi/c1-11(2)9-6-4-3-5-8(9)7-10/h3-6,10-11H,7H2,1-2H3. The fourth-order valence-corrected chi connectivity index (χ4v) is 2.67. The van der Waals surface area contributed by atoms with Crippen LogP contribution in [0.2, 0.25) is 13.1 Å². The van der Waals surface area contributed by atoms with Crippen molar-refractivity contribution in [3.05, 3.63) is 29.8 Å². The number of aliphatic hydroxyl groups is 1. The summed E-state index contributed by atoms with van der Waals surface area (Å²) in [5, 5.41) is 10.4. The van der Waals surface area contributed by atoms with Crippen LogP contribution in [-0.2, 0) is 6.61 Å². The lowest BCUT2D eigenvalue weighted by molar-refractivity contribution is 0.283. The maximum Gasteiger partial charge on any atom is 0.0680 e. The van der Waals surface area contributed by atoms with E-state index in [0.29, 0.717) is 0 Å². The fourth-order valence-electron chi connectivity index (χ4n) is 1.24. The molecule has 1 N–H and O–H groups in total. The molecule has 0 radical (unpaired) electrons. The van der Waals surface area contributed by atoms with Crippen molar-refractivity contribution in [3.63, 3.8) is 0 Å². The minimum absolute atomic E-state index is 0.182. The van der Waals surface area contributed by atoms with Crippen molar-refractivity contribution in [1.82, 2.24) is 0 Å². The van der Waals surface area contributed by atoms with Gasteiger partial charge in [-0.2, -0.15) is 0 Å². The molecule has 0 aliphatic carbocycles. The zero-order valence-electron chi connectivity index (χ0n) is 7.04. The highest BCUT2D eigenvalue weighted by Gasteiger charge is 2.04. The minimum Gasteiger partial charge on any atom is -0.392 e. The summed E-state index contributed by atoms with van der Waals surface area (Å²) in [5.74, 6) is 0. The van der Waals surface area contributed by atoms with Gasteiger partial charge in [-0.3, -0.25) is 0 Å². The number of aliphatic hydroxyl groups excluding tert-OH is 1. The van der Waals surface area contributed by atoms with Gasteiger partial charge in [0, 0.05) is 0 Å². The van der Waals surface area contributed by atoms with E-state index in [2.05, 4.69) is 19.2 Å². The smallest absolute Gasteiger partial charge is 0.0680 e. The van der Waals surface area contributed by atoms with Crippen molar-refractivity contribution in [1.29, 1.82) is 0 Å². The molecule has 0 spiro atoms. The highest BCUT2D eigenvalue weighted by molar-refractivity contribution is 6.71. The average molecular weight is 166 g/mol. The van der Waals surface area contributed by atoms with Gasteiger partial charge in [-0.25, -0.2) is 0 Å². The van der Waals surface area contributed by atoms with Crippen LogP contribution in [0.4, 0.5) is 0 Å². The first-order valence-electron chi connectivity index (χ1n) is 3.94. The summed E-state index contributed by atoms with van der Waals surface area (Å²) >= 11 is 0. The molecule has 1 rings (SSSR count). The van der Waals surface area contributed by atoms with E-state index in [1.165, 1.54) is 5.19 Å². The second-order valence-electron chi connectivity index (χ2n) is 3.01. The van der Waals surface area contributed by atoms with Crippen LogP contribution in [0.25, 0.3) is 0 Å². The Kier molecular flexibility index (Phi) is 2.85. The van der Waals surface area contributed by atoms with E-state index in [0.717, 1.165) is 5.56 Å². The van der Waals surface area contributed by atoms with Crippen LogP contribution in [-0.4, -0.2) is 13.9 Å². The Bertz CT molecular complexity index is 233. The molecular weight excluding hydrogens is 152 g/mol. The third kappa shape index (κ3) is 1.91. The molecule has 2 heteroatoms. The first-order valence-corrected chi connectivity index (χ1v) is 6.83. The highest BCUT2D eigenvalue weighted by atomic mass is 28.3. The molecule has 0 fully saturated rings. The Morgan fingerprint density at radius 3 is 2.36 bits per heavy atom. The van der Waals surface area contributed by atoms with E-state index >= 15 is 0 Å². The molecule has 1 aromatic rings. The molecule has 11 heavy (non-hydrogen) atoms. The number of hydrogen-bond donors (Lipinski definition) is 1. The molecule has 1 nitrogen and oxygen atoms in total. The van der Waals surface area contributed by atoms with E-state index < -0.39 is 8.80 Å². The topological polar surface area (TPSA) is 20.2 Å². The Hall–Kier alpha value is -0.603. The van der Waals surface area contributed by atoms with Crippen molar-refractivity contribution < 1.29 is 5.11 Å². The number of benzene rings is 1. The first kappa shape index (κ1) is 8.49. The maximum atomic E-state index is 8.99. The summed E-state index contributed by atoms with van der Waals surface area (Å²) in [4.78, 5) is 0. The Morgan fingerprint density at radius 1 is 1.27 bits per heavy atom. The van der Waals surface area contributed by atoms with Crippen molar-refractivity contribution in [2.45, 2.75) is 19.7 Å². The SMILES string of the molecule is C[SiH](C)c1ccccc1CO. The summed E-state index contributed by atoms with van der Waals surface area (Å²) in [6, 6.07) is 8.15. The van der Waals surface area contributed by atoms with Crippen molar-refractivity contribution >= 4 is 14.0 Å². The van der Waals surface area contributed by atoms with Gasteiger partial charge in [-0.15, -0.1) is 0 Å². The van der Waals surface area contributed by atoms with E-state index in [-0.39, 0.29) is 6.61 Å². The molecule has 1 aromatic carbocycles. The van der Waals surface area contributed by atoms with Crippen LogP contribution in [0.15, 0.2) is 24.3 Å². The monoisotopic (exact) mass is 166 g/mol. The molecule has 60 valence electrons. The summed E-state index contributed by atoms with van der Waals surface area (Å²) in [6.07, 6.45) is 0. The van der Waals surface area contributed by atoms with Crippen LogP contribution in [0.5, 0.6) is 0 Å². The average Bonchev–Trinajstić information content (AvgIpc) is 2.04. The van der Waals surface area contributed by atoms with E-state index in [1.54, 1.807) is 0 Å². The molecule has 0 aliphatic heterocycles. The van der Waals surface area contributed by atoms with Gasteiger partial charge in [0.25, 0.3) is 0 Å². The molecule has 0 bridgehead atoms. The molecule has 0 aliphatic rings. The van der Waals surface area contributed by atoms with Crippen LogP contribution >= 0.6 is 0 Å². The van der Waals surface area contributed by atoms with Gasteiger partial charge in [0.2, 0.25) is 0 Å². The van der Waals surface area contributed by atoms with Gasteiger partial charge in [-0.1, -0.05) is 42.5 Å². The van der Waals surface area contributed by atoms with E-state index in [4.69, 9.17) is 5.11 Å². The Balaban J connectivity index is 3.02. The van der Waals surface area contributed by atoms with Crippen molar-refractivity contribution in [3.8, 4) is 0 Å². The van der Waals surface area contributed by atoms with Crippen LogP contribution in [0.3, 0.4) is 0 Å². The third-order valence-electron chi connectivity index (χ3n) is 1.85. The molecule has 0 heterocycles. The second-order valence-corrected chi connectivity index (χ2v) is 5.94. The molecule has 0 aromatic heterocycles. The third-order valence-corrected chi connectivity index (χ3v) is 3.65. The van der Waals surface area contributed by atoms with Gasteiger partial charge < -0.3 is 5.11 Å². The predicted molar refractivity (Wildman–Crippen MR) is 50.9 cm³/mol. The first-order chi connectivity index (χ1) is 5.25. The van der Waals surface area contributed by atoms with E-state index in [9.17, 15) is 0 Å². The van der Waals surface area contributed by atoms with Gasteiger partial charge >= 0.3 is 0 Å².